The molecule has 6 heteroatoms. The van der Waals surface area contributed by atoms with Crippen molar-refractivity contribution in [3.8, 4) is 10.4 Å². The molecule has 1 amide bonds. The predicted octanol–water partition coefficient (Wildman–Crippen LogP) is 3.51. The number of anilines is 1. The van der Waals surface area contributed by atoms with Crippen LogP contribution in [-0.2, 0) is 7.05 Å². The first-order chi connectivity index (χ1) is 11.0. The fourth-order valence-electron chi connectivity index (χ4n) is 2.13. The molecular weight excluding hydrogens is 315 g/mol. The highest BCUT2D eigenvalue weighted by molar-refractivity contribution is 7.17. The van der Waals surface area contributed by atoms with Gasteiger partial charge in [0, 0.05) is 29.8 Å². The minimum Gasteiger partial charge on any atom is -0.320 e. The number of thiophene rings is 1. The Morgan fingerprint density at radius 2 is 1.91 bits per heavy atom. The van der Waals surface area contributed by atoms with Crippen LogP contribution in [0.2, 0.25) is 0 Å². The standard InChI is InChI=1S/C17H13FN2O2S/c1-20-10-11(6-9-16(20)21)19-17(22)15-8-7-14(23-15)12-4-2-3-5-13(12)18/h2-10H,1H3,(H,19,22). The van der Waals surface area contributed by atoms with E-state index in [-0.39, 0.29) is 17.3 Å². The zero-order valence-electron chi connectivity index (χ0n) is 12.2. The number of rotatable bonds is 3. The van der Waals surface area contributed by atoms with Crippen LogP contribution in [0.15, 0.2) is 59.5 Å². The molecule has 0 saturated heterocycles. The van der Waals surface area contributed by atoms with E-state index in [1.54, 1.807) is 49.6 Å². The number of halogens is 1. The van der Waals surface area contributed by atoms with Crippen molar-refractivity contribution in [2.75, 3.05) is 5.32 Å². The van der Waals surface area contributed by atoms with E-state index in [0.717, 1.165) is 0 Å². The summed E-state index contributed by atoms with van der Waals surface area (Å²) in [6.45, 7) is 0. The van der Waals surface area contributed by atoms with Gasteiger partial charge in [-0.1, -0.05) is 18.2 Å². The summed E-state index contributed by atoms with van der Waals surface area (Å²) in [5.74, 6) is -0.615. The van der Waals surface area contributed by atoms with E-state index in [1.807, 2.05) is 0 Å². The van der Waals surface area contributed by atoms with Crippen molar-refractivity contribution in [2.24, 2.45) is 7.05 Å². The van der Waals surface area contributed by atoms with Crippen molar-refractivity contribution in [1.82, 2.24) is 4.57 Å². The van der Waals surface area contributed by atoms with E-state index in [9.17, 15) is 14.0 Å². The molecule has 2 heterocycles. The molecule has 23 heavy (non-hydrogen) atoms. The van der Waals surface area contributed by atoms with Crippen molar-refractivity contribution in [2.45, 2.75) is 0 Å². The second kappa shape index (κ2) is 6.18. The molecule has 0 aliphatic rings. The van der Waals surface area contributed by atoms with Gasteiger partial charge in [-0.15, -0.1) is 11.3 Å². The molecular formula is C17H13FN2O2S. The summed E-state index contributed by atoms with van der Waals surface area (Å²) >= 11 is 1.21. The average Bonchev–Trinajstić information content (AvgIpc) is 3.01. The molecule has 3 aromatic rings. The molecule has 2 aromatic heterocycles. The van der Waals surface area contributed by atoms with Crippen molar-refractivity contribution in [3.05, 3.63) is 75.8 Å². The lowest BCUT2D eigenvalue weighted by molar-refractivity contribution is 0.103. The van der Waals surface area contributed by atoms with Crippen LogP contribution in [0.3, 0.4) is 0 Å². The highest BCUT2D eigenvalue weighted by Gasteiger charge is 2.12. The van der Waals surface area contributed by atoms with Gasteiger partial charge in [-0.25, -0.2) is 4.39 Å². The highest BCUT2D eigenvalue weighted by Crippen LogP contribution is 2.30. The topological polar surface area (TPSA) is 51.1 Å². The lowest BCUT2D eigenvalue weighted by atomic mass is 10.2. The smallest absolute Gasteiger partial charge is 0.265 e. The molecule has 0 fully saturated rings. The molecule has 0 atom stereocenters. The molecule has 0 saturated carbocycles. The van der Waals surface area contributed by atoms with E-state index in [4.69, 9.17) is 0 Å². The largest absolute Gasteiger partial charge is 0.320 e. The molecule has 0 aliphatic heterocycles. The number of amides is 1. The van der Waals surface area contributed by atoms with Gasteiger partial charge in [0.25, 0.3) is 5.91 Å². The van der Waals surface area contributed by atoms with E-state index in [0.29, 0.717) is 21.0 Å². The van der Waals surface area contributed by atoms with Crippen LogP contribution in [0.5, 0.6) is 0 Å². The van der Waals surface area contributed by atoms with Gasteiger partial charge in [-0.2, -0.15) is 0 Å². The molecule has 0 spiro atoms. The molecule has 4 nitrogen and oxygen atoms in total. The summed E-state index contributed by atoms with van der Waals surface area (Å²) in [4.78, 5) is 24.8. The second-order valence-corrected chi connectivity index (χ2v) is 6.05. The van der Waals surface area contributed by atoms with Crippen molar-refractivity contribution in [1.29, 1.82) is 0 Å². The van der Waals surface area contributed by atoms with Gasteiger partial charge in [0.05, 0.1) is 10.6 Å². The fourth-order valence-corrected chi connectivity index (χ4v) is 3.05. The van der Waals surface area contributed by atoms with Crippen molar-refractivity contribution >= 4 is 22.9 Å². The Morgan fingerprint density at radius 3 is 2.65 bits per heavy atom. The highest BCUT2D eigenvalue weighted by atomic mass is 32.1. The van der Waals surface area contributed by atoms with Crippen LogP contribution in [0.1, 0.15) is 9.67 Å². The zero-order chi connectivity index (χ0) is 16.4. The van der Waals surface area contributed by atoms with Crippen LogP contribution in [0, 0.1) is 5.82 Å². The molecule has 1 N–H and O–H groups in total. The van der Waals surface area contributed by atoms with Crippen LogP contribution in [-0.4, -0.2) is 10.5 Å². The predicted molar refractivity (Wildman–Crippen MR) is 89.3 cm³/mol. The number of hydrogen-bond acceptors (Lipinski definition) is 3. The summed E-state index contributed by atoms with van der Waals surface area (Å²) in [7, 11) is 1.61. The summed E-state index contributed by atoms with van der Waals surface area (Å²) in [5.41, 5.74) is 0.845. The summed E-state index contributed by atoms with van der Waals surface area (Å²) in [6, 6.07) is 12.8. The monoisotopic (exact) mass is 328 g/mol. The Hall–Kier alpha value is -2.73. The maximum atomic E-state index is 13.8. The van der Waals surface area contributed by atoms with Crippen molar-refractivity contribution in [3.63, 3.8) is 0 Å². The third kappa shape index (κ3) is 3.22. The number of hydrogen-bond donors (Lipinski definition) is 1. The lowest BCUT2D eigenvalue weighted by Gasteiger charge is -2.05. The molecule has 0 radical (unpaired) electrons. The first-order valence-corrected chi connectivity index (χ1v) is 7.69. The Balaban J connectivity index is 1.82. The van der Waals surface area contributed by atoms with Crippen LogP contribution < -0.4 is 10.9 Å². The van der Waals surface area contributed by atoms with Crippen LogP contribution in [0.25, 0.3) is 10.4 Å². The lowest BCUT2D eigenvalue weighted by Crippen LogP contribution is -2.17. The minimum atomic E-state index is -0.320. The number of nitrogens with one attached hydrogen (secondary N) is 1. The Kier molecular flexibility index (Phi) is 4.08. The third-order valence-corrected chi connectivity index (χ3v) is 4.43. The van der Waals surface area contributed by atoms with Gasteiger partial charge < -0.3 is 9.88 Å². The number of nitrogens with zero attached hydrogens (tertiary/aromatic N) is 1. The Labute approximate surface area is 135 Å². The number of aryl methyl sites for hydroxylation is 1. The van der Waals surface area contributed by atoms with E-state index < -0.39 is 0 Å². The summed E-state index contributed by atoms with van der Waals surface area (Å²) < 4.78 is 15.2. The summed E-state index contributed by atoms with van der Waals surface area (Å²) in [6.07, 6.45) is 1.55. The Morgan fingerprint density at radius 1 is 1.13 bits per heavy atom. The van der Waals surface area contributed by atoms with Crippen LogP contribution in [0.4, 0.5) is 10.1 Å². The van der Waals surface area contributed by atoms with Crippen molar-refractivity contribution < 1.29 is 9.18 Å². The van der Waals surface area contributed by atoms with Gasteiger partial charge in [0.15, 0.2) is 0 Å². The normalized spacial score (nSPS) is 10.5. The fraction of sp³-hybridized carbons (Fsp3) is 0.0588. The number of aromatic nitrogens is 1. The van der Waals surface area contributed by atoms with Gasteiger partial charge in [-0.05, 0) is 24.3 Å². The Bertz CT molecular complexity index is 930. The molecule has 116 valence electrons. The maximum absolute atomic E-state index is 13.8. The van der Waals surface area contributed by atoms with Gasteiger partial charge >= 0.3 is 0 Å². The van der Waals surface area contributed by atoms with E-state index in [2.05, 4.69) is 5.32 Å². The maximum Gasteiger partial charge on any atom is 0.265 e. The minimum absolute atomic E-state index is 0.152. The summed E-state index contributed by atoms with van der Waals surface area (Å²) in [5, 5.41) is 2.72. The zero-order valence-corrected chi connectivity index (χ0v) is 13.1. The average molecular weight is 328 g/mol. The van der Waals surface area contributed by atoms with E-state index >= 15 is 0 Å². The number of benzene rings is 1. The van der Waals surface area contributed by atoms with Crippen LogP contribution >= 0.6 is 11.3 Å². The first kappa shape index (κ1) is 15.2. The quantitative estimate of drug-likeness (QED) is 0.800. The molecule has 0 bridgehead atoms. The number of pyridine rings is 1. The number of carbonyl (C=O) groups excluding carboxylic acids is 1. The van der Waals surface area contributed by atoms with Gasteiger partial charge in [0.1, 0.15) is 5.82 Å². The first-order valence-electron chi connectivity index (χ1n) is 6.87. The SMILES string of the molecule is Cn1cc(NC(=O)c2ccc(-c3ccccc3F)s2)ccc1=O. The molecule has 3 rings (SSSR count). The third-order valence-electron chi connectivity index (χ3n) is 3.31. The second-order valence-electron chi connectivity index (χ2n) is 4.96. The van der Waals surface area contributed by atoms with Gasteiger partial charge in [-0.3, -0.25) is 9.59 Å². The van der Waals surface area contributed by atoms with Gasteiger partial charge in [0.2, 0.25) is 5.56 Å². The molecule has 0 aliphatic carbocycles. The van der Waals surface area contributed by atoms with E-state index in [1.165, 1.54) is 28.0 Å². The molecule has 0 unspecified atom stereocenters. The number of carbonyl (C=O) groups is 1. The molecule has 1 aromatic carbocycles.